The summed E-state index contributed by atoms with van der Waals surface area (Å²) < 4.78 is 5.22. The molecule has 0 spiro atoms. The number of hydrogen-bond donors (Lipinski definition) is 0. The van der Waals surface area contributed by atoms with Crippen molar-refractivity contribution in [1.82, 2.24) is 0 Å². The van der Waals surface area contributed by atoms with Crippen molar-refractivity contribution in [2.24, 2.45) is 0 Å². The van der Waals surface area contributed by atoms with Gasteiger partial charge in [0.15, 0.2) is 0 Å². The van der Waals surface area contributed by atoms with Crippen LogP contribution >= 0.6 is 0 Å². The molecule has 0 atom stereocenters. The Bertz CT molecular complexity index is 504. The Labute approximate surface area is 88.9 Å². The first-order chi connectivity index (χ1) is 7.00. The van der Waals surface area contributed by atoms with Crippen LogP contribution < -0.4 is 5.63 Å². The standard InChI is InChI=1S/C13H14O2/c1-7-5-8(2)10(4)13-11(9(7)3)6-12(14)15-13/h5-6H,1-4H3. The van der Waals surface area contributed by atoms with Gasteiger partial charge in [0, 0.05) is 11.6 Å². The van der Waals surface area contributed by atoms with E-state index in [4.69, 9.17) is 4.42 Å². The van der Waals surface area contributed by atoms with Crippen LogP contribution in [0.3, 0.4) is 0 Å². The summed E-state index contributed by atoms with van der Waals surface area (Å²) in [5, 5.41) is 0. The van der Waals surface area contributed by atoms with Gasteiger partial charge in [-0.15, -0.1) is 0 Å². The first-order valence-corrected chi connectivity index (χ1v) is 5.02. The molecule has 15 heavy (non-hydrogen) atoms. The molecule has 1 heterocycles. The number of rotatable bonds is 0. The molecule has 1 aliphatic carbocycles. The molecular weight excluding hydrogens is 188 g/mol. The van der Waals surface area contributed by atoms with Gasteiger partial charge in [0.1, 0.15) is 5.76 Å². The first kappa shape index (κ1) is 9.97. The average molecular weight is 202 g/mol. The van der Waals surface area contributed by atoms with Crippen LogP contribution in [0.4, 0.5) is 0 Å². The van der Waals surface area contributed by atoms with Crippen molar-refractivity contribution >= 4 is 0 Å². The van der Waals surface area contributed by atoms with E-state index in [0.717, 1.165) is 28.0 Å². The van der Waals surface area contributed by atoms with E-state index in [-0.39, 0.29) is 5.63 Å². The van der Waals surface area contributed by atoms with E-state index in [2.05, 4.69) is 13.0 Å². The fourth-order valence-electron chi connectivity index (χ4n) is 1.86. The van der Waals surface area contributed by atoms with E-state index < -0.39 is 0 Å². The maximum atomic E-state index is 11.3. The predicted octanol–water partition coefficient (Wildman–Crippen LogP) is 2.98. The minimum Gasteiger partial charge on any atom is -0.422 e. The summed E-state index contributed by atoms with van der Waals surface area (Å²) in [6, 6.07) is 3.70. The van der Waals surface area contributed by atoms with Gasteiger partial charge in [-0.05, 0) is 49.9 Å². The van der Waals surface area contributed by atoms with Gasteiger partial charge in [-0.2, -0.15) is 0 Å². The van der Waals surface area contributed by atoms with Crippen LogP contribution in [0.1, 0.15) is 22.3 Å². The molecular formula is C13H14O2. The van der Waals surface area contributed by atoms with Gasteiger partial charge in [-0.3, -0.25) is 0 Å². The Hall–Kier alpha value is -1.57. The largest absolute Gasteiger partial charge is 0.422 e. The molecule has 2 rings (SSSR count). The molecule has 0 aromatic rings. The Morgan fingerprint density at radius 3 is 2.20 bits per heavy atom. The molecule has 0 N–H and O–H groups in total. The van der Waals surface area contributed by atoms with Crippen molar-refractivity contribution in [3.63, 3.8) is 0 Å². The van der Waals surface area contributed by atoms with Crippen LogP contribution in [0.15, 0.2) is 21.3 Å². The molecule has 2 aliphatic rings. The number of aryl methyl sites for hydroxylation is 2. The SMILES string of the molecule is Cc1cc(C)c(C)c2oc(=O)cc-2c1C. The van der Waals surface area contributed by atoms with Crippen LogP contribution in [-0.2, 0) is 0 Å². The van der Waals surface area contributed by atoms with E-state index >= 15 is 0 Å². The zero-order chi connectivity index (χ0) is 11.2. The molecule has 2 heteroatoms. The Morgan fingerprint density at radius 2 is 1.53 bits per heavy atom. The molecule has 0 unspecified atom stereocenters. The third kappa shape index (κ3) is 1.46. The van der Waals surface area contributed by atoms with Gasteiger partial charge in [0.05, 0.1) is 0 Å². The van der Waals surface area contributed by atoms with Gasteiger partial charge < -0.3 is 4.42 Å². The number of hydrogen-bond acceptors (Lipinski definition) is 2. The molecule has 0 saturated heterocycles. The molecule has 0 radical (unpaired) electrons. The van der Waals surface area contributed by atoms with E-state index in [9.17, 15) is 4.79 Å². The topological polar surface area (TPSA) is 30.2 Å². The van der Waals surface area contributed by atoms with Crippen LogP contribution in [0.25, 0.3) is 11.3 Å². The second-order valence-corrected chi connectivity index (χ2v) is 4.07. The summed E-state index contributed by atoms with van der Waals surface area (Å²) in [5.74, 6) is 0.725. The smallest absolute Gasteiger partial charge is 0.336 e. The van der Waals surface area contributed by atoms with Crippen LogP contribution in [0.2, 0.25) is 0 Å². The maximum Gasteiger partial charge on any atom is 0.336 e. The number of furan rings is 1. The zero-order valence-electron chi connectivity index (χ0n) is 9.47. The first-order valence-electron chi connectivity index (χ1n) is 5.02. The minimum absolute atomic E-state index is 0.263. The summed E-state index contributed by atoms with van der Waals surface area (Å²) in [4.78, 5) is 11.3. The predicted molar refractivity (Wildman–Crippen MR) is 60.5 cm³/mol. The van der Waals surface area contributed by atoms with Crippen molar-refractivity contribution in [1.29, 1.82) is 0 Å². The minimum atomic E-state index is -0.263. The lowest BCUT2D eigenvalue weighted by molar-refractivity contribution is 0.541. The molecule has 0 fully saturated rings. The van der Waals surface area contributed by atoms with Gasteiger partial charge in [-0.25, -0.2) is 4.79 Å². The second-order valence-electron chi connectivity index (χ2n) is 4.07. The highest BCUT2D eigenvalue weighted by atomic mass is 16.4. The molecule has 2 nitrogen and oxygen atoms in total. The fraction of sp³-hybridized carbons (Fsp3) is 0.308. The monoisotopic (exact) mass is 202 g/mol. The van der Waals surface area contributed by atoms with Crippen molar-refractivity contribution in [3.8, 4) is 11.3 Å². The highest BCUT2D eigenvalue weighted by Gasteiger charge is 2.15. The quantitative estimate of drug-likeness (QED) is 0.657. The van der Waals surface area contributed by atoms with Crippen molar-refractivity contribution in [3.05, 3.63) is 44.8 Å². The molecule has 0 saturated carbocycles. The lowest BCUT2D eigenvalue weighted by Crippen LogP contribution is -1.85. The van der Waals surface area contributed by atoms with Crippen molar-refractivity contribution in [2.75, 3.05) is 0 Å². The summed E-state index contributed by atoms with van der Waals surface area (Å²) in [6.07, 6.45) is 0. The van der Waals surface area contributed by atoms with Crippen molar-refractivity contribution < 1.29 is 4.42 Å². The summed E-state index contributed by atoms with van der Waals surface area (Å²) in [5.41, 5.74) is 5.17. The van der Waals surface area contributed by atoms with Crippen LogP contribution in [-0.4, -0.2) is 0 Å². The zero-order valence-corrected chi connectivity index (χ0v) is 9.47. The molecule has 0 aromatic carbocycles. The summed E-state index contributed by atoms with van der Waals surface area (Å²) in [6.45, 7) is 8.10. The number of fused-ring (bicyclic) bond motifs is 1. The summed E-state index contributed by atoms with van der Waals surface area (Å²) >= 11 is 0. The molecule has 1 aliphatic heterocycles. The molecule has 0 amide bonds. The van der Waals surface area contributed by atoms with E-state index in [1.807, 2.05) is 20.8 Å². The third-order valence-corrected chi connectivity index (χ3v) is 3.07. The van der Waals surface area contributed by atoms with Crippen molar-refractivity contribution in [2.45, 2.75) is 27.7 Å². The van der Waals surface area contributed by atoms with Gasteiger partial charge in [-0.1, -0.05) is 6.07 Å². The Morgan fingerprint density at radius 1 is 0.933 bits per heavy atom. The molecule has 78 valence electrons. The van der Waals surface area contributed by atoms with Crippen LogP contribution in [0, 0.1) is 27.7 Å². The van der Waals surface area contributed by atoms with E-state index in [0.29, 0.717) is 0 Å². The third-order valence-electron chi connectivity index (χ3n) is 3.07. The molecule has 0 bridgehead atoms. The summed E-state index contributed by atoms with van der Waals surface area (Å²) in [7, 11) is 0. The average Bonchev–Trinajstić information content (AvgIpc) is 2.54. The maximum absolute atomic E-state index is 11.3. The van der Waals surface area contributed by atoms with E-state index in [1.54, 1.807) is 6.07 Å². The van der Waals surface area contributed by atoms with Gasteiger partial charge >= 0.3 is 5.63 Å². The Kier molecular flexibility index (Phi) is 2.14. The lowest BCUT2D eigenvalue weighted by atomic mass is 10.1. The van der Waals surface area contributed by atoms with Crippen LogP contribution in [0.5, 0.6) is 0 Å². The second kappa shape index (κ2) is 3.23. The van der Waals surface area contributed by atoms with Gasteiger partial charge in [0.25, 0.3) is 0 Å². The highest BCUT2D eigenvalue weighted by Crippen LogP contribution is 2.30. The normalized spacial score (nSPS) is 10.9. The Balaban J connectivity index is 3.00. The fourth-order valence-corrected chi connectivity index (χ4v) is 1.86. The van der Waals surface area contributed by atoms with Gasteiger partial charge in [0.2, 0.25) is 0 Å². The van der Waals surface area contributed by atoms with E-state index in [1.165, 1.54) is 5.56 Å². The molecule has 0 aromatic heterocycles. The lowest BCUT2D eigenvalue weighted by Gasteiger charge is -1.98. The highest BCUT2D eigenvalue weighted by molar-refractivity contribution is 5.68.